The van der Waals surface area contributed by atoms with Crippen molar-refractivity contribution in [2.45, 2.75) is 26.3 Å². The second-order valence-electron chi connectivity index (χ2n) is 2.28. The van der Waals surface area contributed by atoms with E-state index in [9.17, 15) is 8.78 Å². The number of hydrogen-bond donors (Lipinski definition) is 0. The number of imidazole rings is 1. The fourth-order valence-electron chi connectivity index (χ4n) is 0.956. The Bertz CT molecular complexity index is 220. The third-order valence-electron chi connectivity index (χ3n) is 1.50. The SMILES string of the molecule is CCc1cncn1CC(F)F. The number of alkyl halides is 2. The van der Waals surface area contributed by atoms with E-state index in [1.807, 2.05) is 6.92 Å². The Balaban J connectivity index is 2.68. The van der Waals surface area contributed by atoms with Gasteiger partial charge >= 0.3 is 0 Å². The van der Waals surface area contributed by atoms with Crippen LogP contribution in [0.15, 0.2) is 12.5 Å². The highest BCUT2D eigenvalue weighted by atomic mass is 19.3. The third-order valence-corrected chi connectivity index (χ3v) is 1.50. The monoisotopic (exact) mass is 160 g/mol. The van der Waals surface area contributed by atoms with Crippen LogP contribution in [-0.2, 0) is 13.0 Å². The first-order valence-electron chi connectivity index (χ1n) is 3.51. The fourth-order valence-corrected chi connectivity index (χ4v) is 0.956. The molecule has 1 heterocycles. The van der Waals surface area contributed by atoms with E-state index in [1.165, 1.54) is 10.9 Å². The minimum atomic E-state index is -2.30. The highest BCUT2D eigenvalue weighted by Gasteiger charge is 2.05. The van der Waals surface area contributed by atoms with Crippen molar-refractivity contribution in [2.75, 3.05) is 0 Å². The second-order valence-corrected chi connectivity index (χ2v) is 2.28. The second kappa shape index (κ2) is 3.46. The lowest BCUT2D eigenvalue weighted by atomic mass is 10.3. The first-order chi connectivity index (χ1) is 5.24. The van der Waals surface area contributed by atoms with Crippen LogP contribution in [0.4, 0.5) is 8.78 Å². The molecule has 62 valence electrons. The van der Waals surface area contributed by atoms with E-state index in [-0.39, 0.29) is 6.54 Å². The molecule has 0 atom stereocenters. The molecule has 0 unspecified atom stereocenters. The van der Waals surface area contributed by atoms with Crippen LogP contribution < -0.4 is 0 Å². The number of halogens is 2. The Kier molecular flexibility index (Phi) is 2.57. The van der Waals surface area contributed by atoms with Crippen LogP contribution in [0, 0.1) is 0 Å². The minimum absolute atomic E-state index is 0.247. The van der Waals surface area contributed by atoms with Gasteiger partial charge in [-0.2, -0.15) is 0 Å². The van der Waals surface area contributed by atoms with Crippen molar-refractivity contribution in [1.29, 1.82) is 0 Å². The number of aromatic nitrogens is 2. The van der Waals surface area contributed by atoms with Gasteiger partial charge < -0.3 is 4.57 Å². The van der Waals surface area contributed by atoms with Crippen molar-refractivity contribution in [3.8, 4) is 0 Å². The normalized spacial score (nSPS) is 10.9. The summed E-state index contributed by atoms with van der Waals surface area (Å²) in [5.74, 6) is 0. The molecule has 0 fully saturated rings. The van der Waals surface area contributed by atoms with E-state index < -0.39 is 6.43 Å². The zero-order valence-corrected chi connectivity index (χ0v) is 6.30. The third kappa shape index (κ3) is 2.00. The van der Waals surface area contributed by atoms with Crippen LogP contribution in [0.5, 0.6) is 0 Å². The molecule has 0 amide bonds. The van der Waals surface area contributed by atoms with Crippen molar-refractivity contribution >= 4 is 0 Å². The summed E-state index contributed by atoms with van der Waals surface area (Å²) < 4.78 is 25.2. The maximum atomic E-state index is 11.9. The van der Waals surface area contributed by atoms with Gasteiger partial charge in [0.15, 0.2) is 0 Å². The van der Waals surface area contributed by atoms with Gasteiger partial charge in [0.1, 0.15) is 0 Å². The summed E-state index contributed by atoms with van der Waals surface area (Å²) in [4.78, 5) is 3.78. The summed E-state index contributed by atoms with van der Waals surface area (Å²) in [6.45, 7) is 1.67. The molecule has 0 aliphatic carbocycles. The zero-order chi connectivity index (χ0) is 8.27. The number of nitrogens with zero attached hydrogens (tertiary/aromatic N) is 2. The number of rotatable bonds is 3. The first-order valence-corrected chi connectivity index (χ1v) is 3.51. The lowest BCUT2D eigenvalue weighted by Crippen LogP contribution is -2.07. The van der Waals surface area contributed by atoms with Crippen molar-refractivity contribution in [3.05, 3.63) is 18.2 Å². The zero-order valence-electron chi connectivity index (χ0n) is 6.30. The molecule has 0 saturated heterocycles. The van der Waals surface area contributed by atoms with Gasteiger partial charge in [-0.3, -0.25) is 0 Å². The van der Waals surface area contributed by atoms with Crippen LogP contribution in [-0.4, -0.2) is 16.0 Å². The van der Waals surface area contributed by atoms with E-state index in [0.29, 0.717) is 0 Å². The van der Waals surface area contributed by atoms with Gasteiger partial charge in [-0.25, -0.2) is 13.8 Å². The Morgan fingerprint density at radius 2 is 2.36 bits per heavy atom. The average molecular weight is 160 g/mol. The van der Waals surface area contributed by atoms with Gasteiger partial charge in [0.25, 0.3) is 6.43 Å². The summed E-state index contributed by atoms with van der Waals surface area (Å²) in [5.41, 5.74) is 0.852. The van der Waals surface area contributed by atoms with E-state index in [1.54, 1.807) is 6.20 Å². The molecule has 0 aliphatic heterocycles. The molecule has 0 radical (unpaired) electrons. The summed E-state index contributed by atoms with van der Waals surface area (Å²) in [6, 6.07) is 0. The van der Waals surface area contributed by atoms with E-state index >= 15 is 0 Å². The predicted octanol–water partition coefficient (Wildman–Crippen LogP) is 1.71. The van der Waals surface area contributed by atoms with E-state index in [0.717, 1.165) is 12.1 Å². The Labute approximate surface area is 63.9 Å². The maximum Gasteiger partial charge on any atom is 0.256 e. The molecule has 1 aromatic heterocycles. The highest BCUT2D eigenvalue weighted by molar-refractivity contribution is 4.97. The van der Waals surface area contributed by atoms with Gasteiger partial charge in [-0.15, -0.1) is 0 Å². The molecule has 11 heavy (non-hydrogen) atoms. The van der Waals surface area contributed by atoms with Crippen molar-refractivity contribution < 1.29 is 8.78 Å². The molecule has 0 aromatic carbocycles. The quantitative estimate of drug-likeness (QED) is 0.658. The summed E-state index contributed by atoms with van der Waals surface area (Å²) in [5, 5.41) is 0. The maximum absolute atomic E-state index is 11.9. The molecule has 1 rings (SSSR count). The highest BCUT2D eigenvalue weighted by Crippen LogP contribution is 2.04. The van der Waals surface area contributed by atoms with Crippen molar-refractivity contribution in [1.82, 2.24) is 9.55 Å². The molecular formula is C7H10F2N2. The summed E-state index contributed by atoms with van der Waals surface area (Å²) >= 11 is 0. The summed E-state index contributed by atoms with van der Waals surface area (Å²) in [6.07, 6.45) is 1.49. The van der Waals surface area contributed by atoms with Crippen molar-refractivity contribution in [2.24, 2.45) is 0 Å². The van der Waals surface area contributed by atoms with Crippen molar-refractivity contribution in [3.63, 3.8) is 0 Å². The molecular weight excluding hydrogens is 150 g/mol. The molecule has 0 saturated carbocycles. The minimum Gasteiger partial charge on any atom is -0.329 e. The lowest BCUT2D eigenvalue weighted by Gasteiger charge is -2.03. The molecule has 0 spiro atoms. The number of hydrogen-bond acceptors (Lipinski definition) is 1. The largest absolute Gasteiger partial charge is 0.329 e. The van der Waals surface area contributed by atoms with Gasteiger partial charge in [0.2, 0.25) is 0 Å². The average Bonchev–Trinajstić information content (AvgIpc) is 2.34. The summed E-state index contributed by atoms with van der Waals surface area (Å²) in [7, 11) is 0. The lowest BCUT2D eigenvalue weighted by molar-refractivity contribution is 0.125. The van der Waals surface area contributed by atoms with Gasteiger partial charge in [0.05, 0.1) is 12.9 Å². The molecule has 1 aromatic rings. The topological polar surface area (TPSA) is 17.8 Å². The van der Waals surface area contributed by atoms with Crippen LogP contribution in [0.3, 0.4) is 0 Å². The molecule has 0 bridgehead atoms. The smallest absolute Gasteiger partial charge is 0.256 e. The molecule has 0 aliphatic rings. The Morgan fingerprint density at radius 1 is 1.64 bits per heavy atom. The fraction of sp³-hybridized carbons (Fsp3) is 0.571. The Hall–Kier alpha value is -0.930. The van der Waals surface area contributed by atoms with Crippen LogP contribution in [0.25, 0.3) is 0 Å². The molecule has 2 nitrogen and oxygen atoms in total. The predicted molar refractivity (Wildman–Crippen MR) is 37.6 cm³/mol. The molecule has 4 heteroatoms. The van der Waals surface area contributed by atoms with E-state index in [2.05, 4.69) is 4.98 Å². The van der Waals surface area contributed by atoms with Gasteiger partial charge in [0, 0.05) is 11.9 Å². The standard InChI is InChI=1S/C7H10F2N2/c1-2-6-3-10-5-11(6)4-7(8)9/h3,5,7H,2,4H2,1H3. The van der Waals surface area contributed by atoms with Gasteiger partial charge in [-0.05, 0) is 6.42 Å². The van der Waals surface area contributed by atoms with Crippen LogP contribution >= 0.6 is 0 Å². The van der Waals surface area contributed by atoms with Gasteiger partial charge in [-0.1, -0.05) is 6.92 Å². The van der Waals surface area contributed by atoms with E-state index in [4.69, 9.17) is 0 Å². The Morgan fingerprint density at radius 3 is 2.91 bits per heavy atom. The molecule has 0 N–H and O–H groups in total. The number of aryl methyl sites for hydroxylation is 1. The van der Waals surface area contributed by atoms with Crippen LogP contribution in [0.1, 0.15) is 12.6 Å². The first kappa shape index (κ1) is 8.17. The van der Waals surface area contributed by atoms with Crippen LogP contribution in [0.2, 0.25) is 0 Å².